The number of sulfone groups is 1. The molecule has 33 heavy (non-hydrogen) atoms. The van der Waals surface area contributed by atoms with Crippen LogP contribution in [0.15, 0.2) is 24.3 Å². The standard InChI is InChI=1S/C25H41N3O3S.ClH/c1-4-28(25(32(3,30)31)22-13-15-26-16-14-22)19(2)17-20-9-8-12-23(18-20)27-24(29)21-10-6-5-7-11-21;/h8-9,12,18-19,21-22,25-26H,4-7,10-11,13-17H2,1-3H3,(H,27,29);1H. The highest BCUT2D eigenvalue weighted by atomic mass is 35.5. The first-order chi connectivity index (χ1) is 15.3. The van der Waals surface area contributed by atoms with Crippen molar-refractivity contribution in [3.05, 3.63) is 29.8 Å². The molecule has 2 N–H and O–H groups in total. The minimum absolute atomic E-state index is 0. The Morgan fingerprint density at radius 1 is 1.15 bits per heavy atom. The number of likely N-dealkylation sites (N-methyl/N-ethyl adjacent to an activating group) is 1. The van der Waals surface area contributed by atoms with Gasteiger partial charge in [-0.15, -0.1) is 12.4 Å². The van der Waals surface area contributed by atoms with E-state index in [1.165, 1.54) is 12.7 Å². The number of carbonyl (C=O) groups is 1. The van der Waals surface area contributed by atoms with Crippen molar-refractivity contribution in [2.75, 3.05) is 31.2 Å². The van der Waals surface area contributed by atoms with Gasteiger partial charge in [0, 0.05) is 23.9 Å². The number of benzene rings is 1. The maximum Gasteiger partial charge on any atom is 0.227 e. The van der Waals surface area contributed by atoms with E-state index in [0.717, 1.165) is 69.3 Å². The van der Waals surface area contributed by atoms with Crippen molar-refractivity contribution in [1.82, 2.24) is 10.2 Å². The SMILES string of the molecule is CCN(C(C)Cc1cccc(NC(=O)C2CCCCC2)c1)C(C1CCNCC1)S(C)(=O)=O.Cl. The van der Waals surface area contributed by atoms with E-state index < -0.39 is 15.2 Å². The number of nitrogens with zero attached hydrogens (tertiary/aromatic N) is 1. The second kappa shape index (κ2) is 13.1. The van der Waals surface area contributed by atoms with E-state index in [0.29, 0.717) is 6.54 Å². The molecule has 1 aliphatic carbocycles. The Morgan fingerprint density at radius 3 is 2.42 bits per heavy atom. The van der Waals surface area contributed by atoms with Gasteiger partial charge in [0.15, 0.2) is 9.84 Å². The molecule has 2 fully saturated rings. The summed E-state index contributed by atoms with van der Waals surface area (Å²) in [5.41, 5.74) is 1.96. The van der Waals surface area contributed by atoms with E-state index >= 15 is 0 Å². The monoisotopic (exact) mass is 499 g/mol. The summed E-state index contributed by atoms with van der Waals surface area (Å²) in [7, 11) is -3.21. The van der Waals surface area contributed by atoms with Crippen molar-refractivity contribution in [2.45, 2.75) is 76.6 Å². The number of halogens is 1. The van der Waals surface area contributed by atoms with E-state index in [1.807, 2.05) is 18.2 Å². The molecule has 1 aliphatic heterocycles. The lowest BCUT2D eigenvalue weighted by molar-refractivity contribution is -0.120. The fourth-order valence-electron chi connectivity index (χ4n) is 5.58. The van der Waals surface area contributed by atoms with Crippen LogP contribution in [-0.4, -0.2) is 56.5 Å². The Balaban J connectivity index is 0.00000385. The van der Waals surface area contributed by atoms with Gasteiger partial charge in [0.2, 0.25) is 5.91 Å². The van der Waals surface area contributed by atoms with E-state index in [4.69, 9.17) is 0 Å². The zero-order valence-corrected chi connectivity index (χ0v) is 22.0. The van der Waals surface area contributed by atoms with Crippen LogP contribution in [-0.2, 0) is 21.1 Å². The third-order valence-electron chi connectivity index (χ3n) is 7.19. The summed E-state index contributed by atoms with van der Waals surface area (Å²) in [5.74, 6) is 0.422. The summed E-state index contributed by atoms with van der Waals surface area (Å²) in [6.45, 7) is 6.63. The van der Waals surface area contributed by atoms with E-state index in [9.17, 15) is 13.2 Å². The van der Waals surface area contributed by atoms with Gasteiger partial charge < -0.3 is 10.6 Å². The topological polar surface area (TPSA) is 78.5 Å². The Hall–Kier alpha value is -1.15. The van der Waals surface area contributed by atoms with Gasteiger partial charge in [-0.05, 0) is 82.3 Å². The third-order valence-corrected chi connectivity index (χ3v) is 8.72. The van der Waals surface area contributed by atoms with Gasteiger partial charge in [-0.25, -0.2) is 8.42 Å². The van der Waals surface area contributed by atoms with Crippen molar-refractivity contribution in [1.29, 1.82) is 0 Å². The molecule has 0 bridgehead atoms. The zero-order chi connectivity index (χ0) is 23.1. The minimum Gasteiger partial charge on any atom is -0.326 e. The van der Waals surface area contributed by atoms with Crippen LogP contribution >= 0.6 is 12.4 Å². The molecule has 1 aromatic carbocycles. The summed E-state index contributed by atoms with van der Waals surface area (Å²) in [4.78, 5) is 14.8. The number of hydrogen-bond donors (Lipinski definition) is 2. The first-order valence-corrected chi connectivity index (χ1v) is 14.3. The molecule has 2 atom stereocenters. The molecule has 3 rings (SSSR count). The summed E-state index contributed by atoms with van der Waals surface area (Å²) >= 11 is 0. The maximum atomic E-state index is 12.8. The van der Waals surface area contributed by atoms with E-state index in [-0.39, 0.29) is 36.2 Å². The molecule has 2 aliphatic rings. The molecule has 1 aromatic rings. The van der Waals surface area contributed by atoms with E-state index in [2.05, 4.69) is 35.4 Å². The summed E-state index contributed by atoms with van der Waals surface area (Å²) in [5, 5.41) is 6.01. The number of anilines is 1. The molecule has 0 aromatic heterocycles. The molecule has 1 saturated heterocycles. The van der Waals surface area contributed by atoms with Crippen LogP contribution in [0.3, 0.4) is 0 Å². The predicted octanol–water partition coefficient (Wildman–Crippen LogP) is 4.25. The van der Waals surface area contributed by atoms with Crippen LogP contribution < -0.4 is 10.6 Å². The smallest absolute Gasteiger partial charge is 0.227 e. The van der Waals surface area contributed by atoms with Gasteiger partial charge in [-0.3, -0.25) is 9.69 Å². The Kier molecular flexibility index (Phi) is 11.1. The van der Waals surface area contributed by atoms with Crippen LogP contribution in [0.2, 0.25) is 0 Å². The third kappa shape index (κ3) is 7.94. The summed E-state index contributed by atoms with van der Waals surface area (Å²) in [6.07, 6.45) is 9.40. The van der Waals surface area contributed by atoms with Crippen molar-refractivity contribution in [3.8, 4) is 0 Å². The van der Waals surface area contributed by atoms with Crippen LogP contribution in [0.5, 0.6) is 0 Å². The number of carbonyl (C=O) groups excluding carboxylic acids is 1. The minimum atomic E-state index is -3.21. The van der Waals surface area contributed by atoms with Gasteiger partial charge >= 0.3 is 0 Å². The molecule has 6 nitrogen and oxygen atoms in total. The Morgan fingerprint density at radius 2 is 1.82 bits per heavy atom. The zero-order valence-electron chi connectivity index (χ0n) is 20.4. The quantitative estimate of drug-likeness (QED) is 0.531. The lowest BCUT2D eigenvalue weighted by Gasteiger charge is -2.40. The molecule has 1 heterocycles. The molecule has 8 heteroatoms. The highest BCUT2D eigenvalue weighted by Crippen LogP contribution is 2.28. The fourth-order valence-corrected chi connectivity index (χ4v) is 7.40. The number of rotatable bonds is 9. The molecule has 1 amide bonds. The van der Waals surface area contributed by atoms with Crippen molar-refractivity contribution >= 4 is 33.8 Å². The average Bonchev–Trinajstić information content (AvgIpc) is 2.77. The maximum absolute atomic E-state index is 12.8. The first kappa shape index (κ1) is 28.1. The number of piperidine rings is 1. The van der Waals surface area contributed by atoms with Crippen molar-refractivity contribution < 1.29 is 13.2 Å². The van der Waals surface area contributed by atoms with Gasteiger partial charge in [0.1, 0.15) is 5.37 Å². The lowest BCUT2D eigenvalue weighted by atomic mass is 9.88. The van der Waals surface area contributed by atoms with E-state index in [1.54, 1.807) is 0 Å². The van der Waals surface area contributed by atoms with Crippen LogP contribution in [0, 0.1) is 11.8 Å². The highest BCUT2D eigenvalue weighted by Gasteiger charge is 2.37. The predicted molar refractivity (Wildman–Crippen MR) is 139 cm³/mol. The molecule has 0 spiro atoms. The van der Waals surface area contributed by atoms with Gasteiger partial charge in [-0.2, -0.15) is 0 Å². The van der Waals surface area contributed by atoms with Crippen molar-refractivity contribution in [2.24, 2.45) is 11.8 Å². The second-order valence-corrected chi connectivity index (χ2v) is 11.9. The second-order valence-electron chi connectivity index (χ2n) is 9.72. The lowest BCUT2D eigenvalue weighted by Crippen LogP contribution is -2.52. The Labute approximate surface area is 206 Å². The molecule has 0 radical (unpaired) electrons. The number of amides is 1. The summed E-state index contributed by atoms with van der Waals surface area (Å²) < 4.78 is 25.6. The summed E-state index contributed by atoms with van der Waals surface area (Å²) in [6, 6.07) is 8.13. The van der Waals surface area contributed by atoms with Crippen LogP contribution in [0.1, 0.15) is 64.4 Å². The molecule has 2 unspecified atom stereocenters. The van der Waals surface area contributed by atoms with Gasteiger partial charge in [0.25, 0.3) is 0 Å². The molecular formula is C25H42ClN3O3S. The fraction of sp³-hybridized carbons (Fsp3) is 0.720. The van der Waals surface area contributed by atoms with Gasteiger partial charge in [-0.1, -0.05) is 38.3 Å². The first-order valence-electron chi connectivity index (χ1n) is 12.3. The molecule has 1 saturated carbocycles. The average molecular weight is 500 g/mol. The normalized spacial score (nSPS) is 20.1. The highest BCUT2D eigenvalue weighted by molar-refractivity contribution is 7.91. The largest absolute Gasteiger partial charge is 0.326 e. The number of nitrogens with one attached hydrogen (secondary N) is 2. The molecule has 188 valence electrons. The van der Waals surface area contributed by atoms with Crippen LogP contribution in [0.4, 0.5) is 5.69 Å². The number of hydrogen-bond acceptors (Lipinski definition) is 5. The van der Waals surface area contributed by atoms with Crippen molar-refractivity contribution in [3.63, 3.8) is 0 Å². The Bertz CT molecular complexity index is 852. The van der Waals surface area contributed by atoms with Crippen LogP contribution in [0.25, 0.3) is 0 Å². The molecular weight excluding hydrogens is 458 g/mol. The van der Waals surface area contributed by atoms with Gasteiger partial charge in [0.05, 0.1) is 0 Å².